The number of benzene rings is 6. The molecule has 0 radical (unpaired) electrons. The van der Waals surface area contributed by atoms with Crippen LogP contribution in [-0.2, 0) is 9.59 Å². The Bertz CT molecular complexity index is 3460. The number of carbonyl (C=O) groups excluding carboxylic acids is 2. The molecule has 0 saturated carbocycles. The van der Waals surface area contributed by atoms with Gasteiger partial charge in [-0.1, -0.05) is 71.7 Å². The first-order chi connectivity index (χ1) is 38.3. The van der Waals surface area contributed by atoms with Gasteiger partial charge in [-0.25, -0.2) is 9.97 Å². The van der Waals surface area contributed by atoms with Crippen molar-refractivity contribution in [3.05, 3.63) is 188 Å². The van der Waals surface area contributed by atoms with Crippen LogP contribution < -0.4 is 35.4 Å². The van der Waals surface area contributed by atoms with Crippen molar-refractivity contribution >= 4 is 67.8 Å². The minimum atomic E-state index is -0.523. The number of amides is 1. The summed E-state index contributed by atoms with van der Waals surface area (Å²) in [6.07, 6.45) is 0. The lowest BCUT2D eigenvalue weighted by Crippen LogP contribution is -2.51. The van der Waals surface area contributed by atoms with E-state index in [0.29, 0.717) is 100 Å². The first-order valence-electron chi connectivity index (χ1n) is 26.2. The van der Waals surface area contributed by atoms with E-state index >= 15 is 0 Å². The zero-order chi connectivity index (χ0) is 55.8. The summed E-state index contributed by atoms with van der Waals surface area (Å²) in [5, 5.41) is 5.27. The Kier molecular flexibility index (Phi) is 20.5. The van der Waals surface area contributed by atoms with Crippen LogP contribution in [0, 0.1) is 0 Å². The van der Waals surface area contributed by atoms with Crippen LogP contribution in [0.3, 0.4) is 0 Å². The molecule has 0 aliphatic carbocycles. The molecule has 0 bridgehead atoms. The molecule has 2 atom stereocenters. The van der Waals surface area contributed by atoms with E-state index in [1.807, 2.05) is 110 Å². The Balaban J connectivity index is 0.000000178. The van der Waals surface area contributed by atoms with E-state index in [9.17, 15) is 19.2 Å². The van der Waals surface area contributed by atoms with Crippen LogP contribution in [0.4, 0.5) is 0 Å². The molecule has 2 fully saturated rings. The van der Waals surface area contributed by atoms with Crippen LogP contribution in [-0.4, -0.2) is 124 Å². The number of rotatable bonds is 16. The smallest absolute Gasteiger partial charge is 0.266 e. The van der Waals surface area contributed by atoms with Gasteiger partial charge in [-0.15, -0.1) is 0 Å². The summed E-state index contributed by atoms with van der Waals surface area (Å²) < 4.78 is 25.7. The zero-order valence-corrected chi connectivity index (χ0v) is 46.8. The molecule has 2 aliphatic heterocycles. The molecule has 8 aromatic rings. The maximum atomic E-state index is 13.8. The number of nitrogens with one attached hydrogen (secondary N) is 1. The average Bonchev–Trinajstić information content (AvgIpc) is 3.56. The molecule has 79 heavy (non-hydrogen) atoms. The van der Waals surface area contributed by atoms with Gasteiger partial charge in [0.05, 0.1) is 58.5 Å². The zero-order valence-electron chi connectivity index (χ0n) is 44.5. The Hall–Kier alpha value is -7.31. The largest absolute Gasteiger partial charge is 0.492 e. The SMILES string of the molecule is CCOc1ccccc1-n1c(C(C)N2CCN(C(=O)COc3ccc(Cl)cc3)CC2)nc2ccccc2c1=O.CCOc1ccccc1-n1c(C(C)N2CCNCC2)nc2ccccc2c1=O.O=C(Cl)COc1ccc(Cl)cc1. The molecule has 6 aromatic carbocycles. The van der Waals surface area contributed by atoms with E-state index in [1.54, 1.807) is 63.7 Å². The third-order valence-electron chi connectivity index (χ3n) is 13.4. The van der Waals surface area contributed by atoms with Crippen LogP contribution in [0.2, 0.25) is 10.0 Å². The second-order valence-electron chi connectivity index (χ2n) is 18.5. The normalized spacial score (nSPS) is 14.5. The standard InChI is InChI=1S/C30H31ClN4O4.C22H26N4O2.C8H6Cl2O2/c1-3-38-27-11-7-6-10-26(27)35-29(32-25-9-5-4-8-24(25)30(35)37)21(2)33-16-18-34(19-17-33)28(36)20-39-23-14-12-22(31)13-15-23;1-3-28-20-11-7-6-10-19(20)26-21(16(2)25-14-12-23-13-15-25)24-18-9-5-4-8-17(18)22(26)27;9-6-1-3-7(4-2-6)12-5-8(10)11/h4-15,21H,3,16-20H2,1-2H3;4-11,16,23H,3,12-15H2,1-2H3;1-4H,5H2. The molecule has 2 aliphatic rings. The molecular formula is C60H63Cl3N8O8. The Morgan fingerprint density at radius 3 is 1.38 bits per heavy atom. The van der Waals surface area contributed by atoms with Crippen LogP contribution in [0.15, 0.2) is 155 Å². The molecule has 19 heteroatoms. The fourth-order valence-corrected chi connectivity index (χ4v) is 9.66. The first kappa shape index (κ1) is 57.9. The lowest BCUT2D eigenvalue weighted by molar-refractivity contribution is -0.135. The minimum absolute atomic E-state index is 0.00842. The maximum absolute atomic E-state index is 13.8. The summed E-state index contributed by atoms with van der Waals surface area (Å²) in [6.45, 7) is 15.0. The molecule has 2 aromatic heterocycles. The van der Waals surface area contributed by atoms with Crippen LogP contribution >= 0.6 is 34.8 Å². The van der Waals surface area contributed by atoms with E-state index in [2.05, 4.69) is 29.0 Å². The van der Waals surface area contributed by atoms with Gasteiger partial charge >= 0.3 is 0 Å². The van der Waals surface area contributed by atoms with Gasteiger partial charge in [0.1, 0.15) is 34.6 Å². The predicted octanol–water partition coefficient (Wildman–Crippen LogP) is 9.96. The van der Waals surface area contributed by atoms with E-state index in [1.165, 1.54) is 0 Å². The minimum Gasteiger partial charge on any atom is -0.492 e. The Morgan fingerprint density at radius 2 is 0.937 bits per heavy atom. The van der Waals surface area contributed by atoms with E-state index in [4.69, 9.17) is 63.7 Å². The number of hydrogen-bond acceptors (Lipinski definition) is 13. The molecule has 10 rings (SSSR count). The quantitative estimate of drug-likeness (QED) is 0.0911. The van der Waals surface area contributed by atoms with Crippen molar-refractivity contribution in [2.24, 2.45) is 0 Å². The molecule has 1 N–H and O–H groups in total. The van der Waals surface area contributed by atoms with Crippen molar-refractivity contribution in [2.45, 2.75) is 39.8 Å². The molecular weight excluding hydrogens is 1070 g/mol. The number of aromatic nitrogens is 4. The summed E-state index contributed by atoms with van der Waals surface area (Å²) in [7, 11) is 0. The summed E-state index contributed by atoms with van der Waals surface area (Å²) in [6, 6.07) is 43.6. The Labute approximate surface area is 474 Å². The highest BCUT2D eigenvalue weighted by Crippen LogP contribution is 2.30. The highest BCUT2D eigenvalue weighted by molar-refractivity contribution is 6.63. The van der Waals surface area contributed by atoms with Crippen molar-refractivity contribution in [3.8, 4) is 34.4 Å². The van der Waals surface area contributed by atoms with Gasteiger partial charge in [-0.3, -0.25) is 38.1 Å². The fraction of sp³-hybridized carbons (Fsp3) is 0.300. The Morgan fingerprint density at radius 1 is 0.532 bits per heavy atom. The van der Waals surface area contributed by atoms with Crippen molar-refractivity contribution in [2.75, 3.05) is 78.8 Å². The van der Waals surface area contributed by atoms with Gasteiger partial charge in [0.15, 0.2) is 13.2 Å². The van der Waals surface area contributed by atoms with Crippen LogP contribution in [0.25, 0.3) is 33.2 Å². The second-order valence-corrected chi connectivity index (χ2v) is 19.7. The highest BCUT2D eigenvalue weighted by atomic mass is 35.5. The molecule has 16 nitrogen and oxygen atoms in total. The van der Waals surface area contributed by atoms with Gasteiger partial charge < -0.3 is 29.2 Å². The van der Waals surface area contributed by atoms with Gasteiger partial charge in [0.25, 0.3) is 22.3 Å². The molecule has 2 saturated heterocycles. The summed E-state index contributed by atoms with van der Waals surface area (Å²) >= 11 is 16.6. The van der Waals surface area contributed by atoms with Crippen molar-refractivity contribution in [1.29, 1.82) is 0 Å². The first-order valence-corrected chi connectivity index (χ1v) is 27.4. The molecule has 2 unspecified atom stereocenters. The maximum Gasteiger partial charge on any atom is 0.266 e. The van der Waals surface area contributed by atoms with Gasteiger partial charge in [-0.05, 0) is 136 Å². The van der Waals surface area contributed by atoms with Crippen LogP contribution in [0.1, 0.15) is 51.4 Å². The van der Waals surface area contributed by atoms with Gasteiger partial charge in [-0.2, -0.15) is 0 Å². The van der Waals surface area contributed by atoms with Crippen molar-refractivity contribution in [1.82, 2.24) is 39.1 Å². The number of halogens is 3. The van der Waals surface area contributed by atoms with E-state index in [-0.39, 0.29) is 42.3 Å². The van der Waals surface area contributed by atoms with E-state index in [0.717, 1.165) is 43.2 Å². The molecule has 1 amide bonds. The lowest BCUT2D eigenvalue weighted by Gasteiger charge is -2.38. The third-order valence-corrected chi connectivity index (χ3v) is 14.0. The number of para-hydroxylation sites is 6. The molecule has 4 heterocycles. The van der Waals surface area contributed by atoms with E-state index < -0.39 is 5.24 Å². The van der Waals surface area contributed by atoms with Crippen molar-refractivity contribution < 1.29 is 28.5 Å². The number of nitrogens with zero attached hydrogens (tertiary/aromatic N) is 7. The van der Waals surface area contributed by atoms with Crippen molar-refractivity contribution in [3.63, 3.8) is 0 Å². The number of hydrogen-bond donors (Lipinski definition) is 1. The predicted molar refractivity (Wildman–Crippen MR) is 311 cm³/mol. The van der Waals surface area contributed by atoms with Crippen LogP contribution in [0.5, 0.6) is 23.0 Å². The van der Waals surface area contributed by atoms with Gasteiger partial charge in [0, 0.05) is 62.4 Å². The molecule has 0 spiro atoms. The summed E-state index contributed by atoms with van der Waals surface area (Å²) in [5.41, 5.74) is 2.59. The van der Waals surface area contributed by atoms with Gasteiger partial charge in [0.2, 0.25) is 0 Å². The number of carbonyl (C=O) groups is 2. The second kappa shape index (κ2) is 28.0. The molecule has 412 valence electrons. The average molecular weight is 1130 g/mol. The lowest BCUT2D eigenvalue weighted by atomic mass is 10.1. The monoisotopic (exact) mass is 1130 g/mol. The number of piperazine rings is 2. The number of fused-ring (bicyclic) bond motifs is 2. The number of ether oxygens (including phenoxy) is 4. The third kappa shape index (κ3) is 14.7. The highest BCUT2D eigenvalue weighted by Gasteiger charge is 2.30. The topological polar surface area (TPSA) is 163 Å². The summed E-state index contributed by atoms with van der Waals surface area (Å²) in [4.78, 5) is 66.8. The fourth-order valence-electron chi connectivity index (χ4n) is 9.36. The summed E-state index contributed by atoms with van der Waals surface area (Å²) in [5.74, 6) is 3.82.